The van der Waals surface area contributed by atoms with Crippen LogP contribution in [0.3, 0.4) is 0 Å². The maximum absolute atomic E-state index is 12.5. The zero-order chi connectivity index (χ0) is 15.0. The molecule has 0 amide bonds. The zero-order valence-corrected chi connectivity index (χ0v) is 13.3. The number of benzene rings is 1. The first-order valence-corrected chi connectivity index (χ1v) is 8.59. The van der Waals surface area contributed by atoms with Gasteiger partial charge in [-0.15, -0.1) is 0 Å². The number of hydrogen-bond donors (Lipinski definition) is 2. The van der Waals surface area contributed by atoms with E-state index in [-0.39, 0.29) is 16.4 Å². The number of rotatable bonds is 3. The minimum Gasteiger partial charge on any atom is -0.398 e. The van der Waals surface area contributed by atoms with Gasteiger partial charge in [0.15, 0.2) is 0 Å². The predicted octanol–water partition coefficient (Wildman–Crippen LogP) is 2.82. The van der Waals surface area contributed by atoms with Crippen molar-refractivity contribution in [2.45, 2.75) is 57.4 Å². The van der Waals surface area contributed by atoms with Crippen LogP contribution in [-0.2, 0) is 10.0 Å². The van der Waals surface area contributed by atoms with Gasteiger partial charge in [0.1, 0.15) is 4.90 Å². The average Bonchev–Trinajstić information content (AvgIpc) is 2.31. The second-order valence-electron chi connectivity index (χ2n) is 6.45. The molecule has 1 aromatic rings. The second-order valence-corrected chi connectivity index (χ2v) is 8.13. The summed E-state index contributed by atoms with van der Waals surface area (Å²) in [5, 5.41) is 0. The molecule has 1 aromatic carbocycles. The first-order chi connectivity index (χ1) is 9.22. The number of sulfonamides is 1. The van der Waals surface area contributed by atoms with Crippen molar-refractivity contribution in [1.82, 2.24) is 4.72 Å². The zero-order valence-electron chi connectivity index (χ0n) is 12.4. The fraction of sp³-hybridized carbons (Fsp3) is 0.600. The van der Waals surface area contributed by atoms with E-state index >= 15 is 0 Å². The van der Waals surface area contributed by atoms with Crippen LogP contribution in [0.25, 0.3) is 0 Å². The number of hydrogen-bond acceptors (Lipinski definition) is 3. The van der Waals surface area contributed by atoms with Gasteiger partial charge in [-0.2, -0.15) is 0 Å². The summed E-state index contributed by atoms with van der Waals surface area (Å²) in [6.07, 6.45) is 4.17. The number of nitrogens with two attached hydrogens (primary N) is 1. The van der Waals surface area contributed by atoms with Gasteiger partial charge in [0.05, 0.1) is 5.69 Å². The van der Waals surface area contributed by atoms with Gasteiger partial charge in [-0.25, -0.2) is 13.1 Å². The molecule has 0 radical (unpaired) electrons. The summed E-state index contributed by atoms with van der Waals surface area (Å²) in [6.45, 7) is 6.14. The van der Waals surface area contributed by atoms with Crippen molar-refractivity contribution in [3.63, 3.8) is 0 Å². The molecular formula is C15H24N2O2S. The smallest absolute Gasteiger partial charge is 0.242 e. The third-order valence-electron chi connectivity index (χ3n) is 4.26. The lowest BCUT2D eigenvalue weighted by atomic mass is 9.74. The van der Waals surface area contributed by atoms with Gasteiger partial charge in [-0.1, -0.05) is 32.8 Å². The lowest BCUT2D eigenvalue weighted by molar-refractivity contribution is 0.188. The van der Waals surface area contributed by atoms with E-state index in [1.54, 1.807) is 18.2 Å². The van der Waals surface area contributed by atoms with Crippen LogP contribution in [0.15, 0.2) is 23.1 Å². The third kappa shape index (κ3) is 3.15. The average molecular weight is 296 g/mol. The van der Waals surface area contributed by atoms with Gasteiger partial charge < -0.3 is 5.73 Å². The fourth-order valence-corrected chi connectivity index (χ4v) is 4.43. The van der Waals surface area contributed by atoms with Gasteiger partial charge in [0.2, 0.25) is 10.0 Å². The molecule has 0 bridgehead atoms. The monoisotopic (exact) mass is 296 g/mol. The fourth-order valence-electron chi connectivity index (χ4n) is 2.88. The highest BCUT2D eigenvalue weighted by Gasteiger charge is 2.35. The van der Waals surface area contributed by atoms with Crippen LogP contribution in [0.1, 0.15) is 45.1 Å². The van der Waals surface area contributed by atoms with Crippen molar-refractivity contribution in [2.75, 3.05) is 5.73 Å². The van der Waals surface area contributed by atoms with Gasteiger partial charge >= 0.3 is 0 Å². The van der Waals surface area contributed by atoms with Crippen molar-refractivity contribution in [3.8, 4) is 0 Å². The molecule has 1 aliphatic rings. The molecule has 112 valence electrons. The van der Waals surface area contributed by atoms with Crippen LogP contribution in [0.2, 0.25) is 0 Å². The first-order valence-electron chi connectivity index (χ1n) is 7.11. The Labute approximate surface area is 121 Å². The van der Waals surface area contributed by atoms with Crippen molar-refractivity contribution in [2.24, 2.45) is 5.41 Å². The van der Waals surface area contributed by atoms with E-state index in [2.05, 4.69) is 18.6 Å². The number of nitrogen functional groups attached to an aromatic ring is 1. The summed E-state index contributed by atoms with van der Waals surface area (Å²) in [4.78, 5) is 0.185. The molecule has 5 heteroatoms. The number of anilines is 1. The molecule has 4 nitrogen and oxygen atoms in total. The molecule has 20 heavy (non-hydrogen) atoms. The van der Waals surface area contributed by atoms with E-state index in [0.717, 1.165) is 31.2 Å². The predicted molar refractivity (Wildman–Crippen MR) is 81.9 cm³/mol. The standard InChI is InChI=1S/C15H24N2O2S/c1-11-7-8-13(12(16)10-11)20(18,19)17-14-6-4-5-9-15(14,2)3/h7-8,10,14,17H,4-6,9,16H2,1-3H3. The summed E-state index contributed by atoms with van der Waals surface area (Å²) >= 11 is 0. The Morgan fingerprint density at radius 1 is 1.30 bits per heavy atom. The minimum absolute atomic E-state index is 0.00915. The summed E-state index contributed by atoms with van der Waals surface area (Å²) in [6, 6.07) is 5.03. The molecule has 0 heterocycles. The van der Waals surface area contributed by atoms with E-state index in [0.29, 0.717) is 5.69 Å². The lowest BCUT2D eigenvalue weighted by Gasteiger charge is -2.38. The van der Waals surface area contributed by atoms with Crippen molar-refractivity contribution >= 4 is 15.7 Å². The third-order valence-corrected chi connectivity index (χ3v) is 5.81. The molecule has 2 rings (SSSR count). The highest BCUT2D eigenvalue weighted by Crippen LogP contribution is 2.36. The van der Waals surface area contributed by atoms with Gasteiger partial charge in [-0.05, 0) is 42.9 Å². The molecule has 1 atom stereocenters. The Morgan fingerprint density at radius 3 is 2.60 bits per heavy atom. The maximum atomic E-state index is 12.5. The van der Waals surface area contributed by atoms with Crippen molar-refractivity contribution < 1.29 is 8.42 Å². The van der Waals surface area contributed by atoms with E-state index in [9.17, 15) is 8.42 Å². The maximum Gasteiger partial charge on any atom is 0.242 e. The summed E-state index contributed by atoms with van der Waals surface area (Å²) in [5.74, 6) is 0. The topological polar surface area (TPSA) is 72.2 Å². The Kier molecular flexibility index (Phi) is 4.12. The SMILES string of the molecule is Cc1ccc(S(=O)(=O)NC2CCCCC2(C)C)c(N)c1. The molecule has 1 aliphatic carbocycles. The largest absolute Gasteiger partial charge is 0.398 e. The quantitative estimate of drug-likeness (QED) is 0.842. The number of aryl methyl sites for hydroxylation is 1. The Bertz CT molecular complexity index is 594. The lowest BCUT2D eigenvalue weighted by Crippen LogP contribution is -2.46. The first kappa shape index (κ1) is 15.3. The van der Waals surface area contributed by atoms with Gasteiger partial charge in [0.25, 0.3) is 0 Å². The van der Waals surface area contributed by atoms with E-state index < -0.39 is 10.0 Å². The highest BCUT2D eigenvalue weighted by atomic mass is 32.2. The Balaban J connectivity index is 2.27. The Hall–Kier alpha value is -1.07. The molecular weight excluding hydrogens is 272 g/mol. The second kappa shape index (κ2) is 5.37. The highest BCUT2D eigenvalue weighted by molar-refractivity contribution is 7.89. The number of nitrogens with one attached hydrogen (secondary N) is 1. The van der Waals surface area contributed by atoms with Crippen LogP contribution in [0.4, 0.5) is 5.69 Å². The Morgan fingerprint density at radius 2 is 2.00 bits per heavy atom. The molecule has 1 unspecified atom stereocenters. The van der Waals surface area contributed by atoms with Crippen LogP contribution in [0, 0.1) is 12.3 Å². The summed E-state index contributed by atoms with van der Waals surface area (Å²) < 4.78 is 27.9. The molecule has 3 N–H and O–H groups in total. The molecule has 0 saturated heterocycles. The normalized spacial score (nSPS) is 22.6. The van der Waals surface area contributed by atoms with E-state index in [1.807, 2.05) is 6.92 Å². The van der Waals surface area contributed by atoms with Crippen LogP contribution in [-0.4, -0.2) is 14.5 Å². The van der Waals surface area contributed by atoms with Crippen molar-refractivity contribution in [3.05, 3.63) is 23.8 Å². The van der Waals surface area contributed by atoms with Crippen LogP contribution < -0.4 is 10.5 Å². The van der Waals surface area contributed by atoms with Gasteiger partial charge in [0, 0.05) is 6.04 Å². The summed E-state index contributed by atoms with van der Waals surface area (Å²) in [7, 11) is -3.55. The summed E-state index contributed by atoms with van der Waals surface area (Å²) in [5.41, 5.74) is 7.12. The molecule has 1 fully saturated rings. The van der Waals surface area contributed by atoms with Crippen LogP contribution in [0.5, 0.6) is 0 Å². The molecule has 0 aliphatic heterocycles. The molecule has 0 aromatic heterocycles. The van der Waals surface area contributed by atoms with Gasteiger partial charge in [-0.3, -0.25) is 0 Å². The van der Waals surface area contributed by atoms with Crippen molar-refractivity contribution in [1.29, 1.82) is 0 Å². The van der Waals surface area contributed by atoms with E-state index in [4.69, 9.17) is 5.73 Å². The molecule has 0 spiro atoms. The minimum atomic E-state index is -3.55. The van der Waals surface area contributed by atoms with E-state index in [1.165, 1.54) is 0 Å². The molecule has 1 saturated carbocycles. The van der Waals surface area contributed by atoms with Crippen LogP contribution >= 0.6 is 0 Å².